The van der Waals surface area contributed by atoms with Gasteiger partial charge in [0.05, 0.1) is 11.1 Å². The topological polar surface area (TPSA) is 57.7 Å². The molecule has 2 rings (SSSR count). The average molecular weight is 511 g/mol. The van der Waals surface area contributed by atoms with Crippen LogP contribution in [0.2, 0.25) is 0 Å². The van der Waals surface area contributed by atoms with Gasteiger partial charge in [-0.05, 0) is 31.4 Å². The van der Waals surface area contributed by atoms with Crippen LogP contribution in [0.1, 0.15) is 157 Å². The Morgan fingerprint density at radius 3 is 1.59 bits per heavy atom. The number of hydrogen-bond donors (Lipinski definition) is 0. The number of hydrogen-bond acceptors (Lipinski definition) is 3. The number of benzene rings is 1. The first-order valence-corrected chi connectivity index (χ1v) is 15.1. The third kappa shape index (κ3) is 10.8. The summed E-state index contributed by atoms with van der Waals surface area (Å²) < 4.78 is 0. The summed E-state index contributed by atoms with van der Waals surface area (Å²) in [7, 11) is 0. The van der Waals surface area contributed by atoms with Crippen LogP contribution in [0.3, 0.4) is 0 Å². The molecular formula is C32H50N2O3. The Hall–Kier alpha value is -2.43. The molecular weight excluding hydrogens is 460 g/mol. The molecule has 1 aliphatic heterocycles. The molecule has 5 heteroatoms. The molecule has 0 N–H and O–H groups in total. The van der Waals surface area contributed by atoms with Crippen molar-refractivity contribution < 1.29 is 14.4 Å². The number of carbonyl (C=O) groups excluding carboxylic acids is 3. The summed E-state index contributed by atoms with van der Waals surface area (Å²) in [5, 5.41) is 2.31. The molecule has 0 radical (unpaired) electrons. The van der Waals surface area contributed by atoms with Gasteiger partial charge >= 0.3 is 0 Å². The number of unbranched alkanes of at least 4 members (excludes halogenated alkanes) is 16. The highest BCUT2D eigenvalue weighted by molar-refractivity contribution is 6.21. The summed E-state index contributed by atoms with van der Waals surface area (Å²) >= 11 is 0. The van der Waals surface area contributed by atoms with Crippen molar-refractivity contribution in [2.75, 3.05) is 0 Å². The molecule has 1 aromatic carbocycles. The fourth-order valence-corrected chi connectivity index (χ4v) is 4.91. The van der Waals surface area contributed by atoms with Crippen molar-refractivity contribution in [3.05, 3.63) is 47.7 Å². The van der Waals surface area contributed by atoms with Crippen molar-refractivity contribution >= 4 is 17.7 Å². The van der Waals surface area contributed by atoms with Crippen LogP contribution in [-0.2, 0) is 4.79 Å². The van der Waals surface area contributed by atoms with E-state index >= 15 is 0 Å². The number of rotatable bonds is 21. The van der Waals surface area contributed by atoms with E-state index < -0.39 is 11.8 Å². The second-order valence-electron chi connectivity index (χ2n) is 10.4. The number of fused-ring (bicyclic) bond motifs is 1. The molecule has 1 aromatic rings. The molecule has 0 saturated carbocycles. The average Bonchev–Trinajstić information content (AvgIpc) is 3.16. The molecule has 0 atom stereocenters. The second-order valence-corrected chi connectivity index (χ2v) is 10.4. The molecule has 0 aliphatic carbocycles. The van der Waals surface area contributed by atoms with Crippen molar-refractivity contribution in [2.24, 2.45) is 0 Å². The minimum Gasteiger partial charge on any atom is -0.273 e. The predicted molar refractivity (Wildman–Crippen MR) is 152 cm³/mol. The molecule has 0 bridgehead atoms. The smallest absolute Gasteiger partial charge is 0.273 e. The van der Waals surface area contributed by atoms with Gasteiger partial charge in [-0.1, -0.05) is 128 Å². The monoisotopic (exact) mass is 510 g/mol. The molecule has 206 valence electrons. The van der Waals surface area contributed by atoms with E-state index in [1.807, 2.05) is 6.08 Å². The maximum absolute atomic E-state index is 13.2. The predicted octanol–water partition coefficient (Wildman–Crippen LogP) is 8.99. The van der Waals surface area contributed by atoms with E-state index in [4.69, 9.17) is 0 Å². The highest BCUT2D eigenvalue weighted by Gasteiger charge is 2.40. The minimum atomic E-state index is -0.419. The number of hydrazine groups is 1. The Kier molecular flexibility index (Phi) is 15.6. The lowest BCUT2D eigenvalue weighted by molar-refractivity contribution is -0.136. The quantitative estimate of drug-likeness (QED) is 0.122. The normalized spacial score (nSPS) is 13.1. The van der Waals surface area contributed by atoms with Crippen molar-refractivity contribution in [1.29, 1.82) is 0 Å². The van der Waals surface area contributed by atoms with Crippen LogP contribution in [-0.4, -0.2) is 27.7 Å². The molecule has 0 unspecified atom stereocenters. The first-order valence-electron chi connectivity index (χ1n) is 15.1. The lowest BCUT2D eigenvalue weighted by atomic mass is 10.1. The Labute approximate surface area is 225 Å². The van der Waals surface area contributed by atoms with E-state index in [0.29, 0.717) is 17.5 Å². The number of carbonyl (C=O) groups is 3. The van der Waals surface area contributed by atoms with Crippen LogP contribution in [0, 0.1) is 0 Å². The number of nitrogens with zero attached hydrogens (tertiary/aromatic N) is 2. The summed E-state index contributed by atoms with van der Waals surface area (Å²) in [5.41, 5.74) is 0.730. The third-order valence-electron chi connectivity index (χ3n) is 7.21. The van der Waals surface area contributed by atoms with Crippen molar-refractivity contribution in [2.45, 2.75) is 136 Å². The SMILES string of the molecule is CCCCCCCCCCCC/C=C\N(C(=O)CCCCCCCCC)N1C(=O)c2ccccc2C1=O. The second kappa shape index (κ2) is 18.8. The lowest BCUT2D eigenvalue weighted by Gasteiger charge is -2.27. The van der Waals surface area contributed by atoms with Crippen molar-refractivity contribution in [1.82, 2.24) is 10.0 Å². The van der Waals surface area contributed by atoms with E-state index in [-0.39, 0.29) is 5.91 Å². The summed E-state index contributed by atoms with van der Waals surface area (Å²) in [6, 6.07) is 6.81. The molecule has 1 aliphatic rings. The first kappa shape index (κ1) is 30.8. The summed E-state index contributed by atoms with van der Waals surface area (Å²) in [5.74, 6) is -1.03. The summed E-state index contributed by atoms with van der Waals surface area (Å²) in [4.78, 5) is 39.2. The standard InChI is InChI=1S/C32H50N2O3/c1-3-5-7-9-11-12-13-14-15-17-19-23-27-33(30(35)26-20-18-16-10-8-6-4-2)34-31(36)28-24-21-22-25-29(28)32(34)37/h21-25,27H,3-20,26H2,1-2H3/b27-23-. The van der Waals surface area contributed by atoms with Crippen LogP contribution >= 0.6 is 0 Å². The molecule has 0 saturated heterocycles. The Morgan fingerprint density at radius 1 is 0.676 bits per heavy atom. The van der Waals surface area contributed by atoms with Crippen molar-refractivity contribution in [3.8, 4) is 0 Å². The van der Waals surface area contributed by atoms with Crippen molar-refractivity contribution in [3.63, 3.8) is 0 Å². The van der Waals surface area contributed by atoms with Crippen LogP contribution in [0.5, 0.6) is 0 Å². The van der Waals surface area contributed by atoms with Gasteiger partial charge in [0.15, 0.2) is 0 Å². The van der Waals surface area contributed by atoms with Gasteiger partial charge in [-0.2, -0.15) is 5.01 Å². The highest BCUT2D eigenvalue weighted by atomic mass is 16.2. The highest BCUT2D eigenvalue weighted by Crippen LogP contribution is 2.25. The maximum Gasteiger partial charge on any atom is 0.281 e. The Bertz CT molecular complexity index is 813. The fraction of sp³-hybridized carbons (Fsp3) is 0.656. The number of amides is 3. The fourth-order valence-electron chi connectivity index (χ4n) is 4.91. The van der Waals surface area contributed by atoms with E-state index in [0.717, 1.165) is 43.5 Å². The van der Waals surface area contributed by atoms with E-state index in [1.165, 1.54) is 82.1 Å². The largest absolute Gasteiger partial charge is 0.281 e. The third-order valence-corrected chi connectivity index (χ3v) is 7.21. The summed E-state index contributed by atoms with van der Waals surface area (Å²) in [6.45, 7) is 4.45. The number of imide groups is 1. The first-order chi connectivity index (χ1) is 18.1. The lowest BCUT2D eigenvalue weighted by Crippen LogP contribution is -2.46. The molecule has 0 spiro atoms. The molecule has 0 aromatic heterocycles. The van der Waals surface area contributed by atoms with E-state index in [1.54, 1.807) is 30.5 Å². The Morgan fingerprint density at radius 2 is 1.11 bits per heavy atom. The van der Waals surface area contributed by atoms with Gasteiger partial charge in [0.1, 0.15) is 0 Å². The van der Waals surface area contributed by atoms with Gasteiger partial charge in [0, 0.05) is 12.6 Å². The van der Waals surface area contributed by atoms with Gasteiger partial charge in [-0.25, -0.2) is 5.01 Å². The van der Waals surface area contributed by atoms with Crippen LogP contribution in [0.15, 0.2) is 36.5 Å². The van der Waals surface area contributed by atoms with Gasteiger partial charge in [0.2, 0.25) is 5.91 Å². The zero-order chi connectivity index (χ0) is 26.7. The molecule has 1 heterocycles. The van der Waals surface area contributed by atoms with Crippen LogP contribution < -0.4 is 0 Å². The minimum absolute atomic E-state index is 0.192. The van der Waals surface area contributed by atoms with Gasteiger partial charge in [-0.3, -0.25) is 14.4 Å². The van der Waals surface area contributed by atoms with E-state index in [2.05, 4.69) is 13.8 Å². The molecule has 5 nitrogen and oxygen atoms in total. The molecule has 37 heavy (non-hydrogen) atoms. The van der Waals surface area contributed by atoms with Crippen LogP contribution in [0.25, 0.3) is 0 Å². The number of allylic oxidation sites excluding steroid dienone is 1. The maximum atomic E-state index is 13.2. The van der Waals surface area contributed by atoms with Gasteiger partial charge in [-0.15, -0.1) is 0 Å². The van der Waals surface area contributed by atoms with Crippen LogP contribution in [0.4, 0.5) is 0 Å². The molecule has 3 amide bonds. The Balaban J connectivity index is 1.83. The zero-order valence-electron chi connectivity index (χ0n) is 23.5. The summed E-state index contributed by atoms with van der Waals surface area (Å²) in [6.07, 6.45) is 25.3. The van der Waals surface area contributed by atoms with Gasteiger partial charge < -0.3 is 0 Å². The van der Waals surface area contributed by atoms with E-state index in [9.17, 15) is 14.4 Å². The zero-order valence-corrected chi connectivity index (χ0v) is 23.5. The molecule has 0 fully saturated rings. The van der Waals surface area contributed by atoms with Gasteiger partial charge in [0.25, 0.3) is 11.8 Å².